The zero-order valence-corrected chi connectivity index (χ0v) is 54.5. The van der Waals surface area contributed by atoms with E-state index in [-0.39, 0.29) is 110 Å². The van der Waals surface area contributed by atoms with Crippen LogP contribution in [0.4, 0.5) is 5.69 Å². The number of phenols is 1. The lowest BCUT2D eigenvalue weighted by Gasteiger charge is -2.38. The molecule has 8 atom stereocenters. The van der Waals surface area contributed by atoms with Crippen LogP contribution in [0.25, 0.3) is 0 Å². The molecule has 8 amide bonds. The number of methoxy groups -OCH3 is 1. The van der Waals surface area contributed by atoms with Crippen LogP contribution in [0.2, 0.25) is 0 Å². The van der Waals surface area contributed by atoms with Gasteiger partial charge in [-0.15, -0.1) is 11.3 Å². The quantitative estimate of drug-likeness (QED) is 0.0299. The molecule has 0 saturated heterocycles. The number of imide groups is 1. The number of thiazole rings is 1. The Balaban J connectivity index is 1.60. The molecule has 7 N–H and O–H groups in total. The van der Waals surface area contributed by atoms with E-state index in [0.717, 1.165) is 4.90 Å². The standard InChI is InChI=1S/C62H97N9O14S/c1-18-37(4)52(68-59(83)62(12,13)69(14)15)57(80)70(16)46(36(2)3)30-48(84-17)56-67-45(32-86-56)55(79)65-42(26-39(6)58(81)82)28-41-21-22-47(73)44(29-41)66-54(78)40(7)64-53(77)38(5)27-43(72)31-60(8,9)34-85-35-61(10,11)33-63-49(74)20-19-25-71-50(75)23-24-51(71)76/h21-24,29,32,36-40,42,46,48,52,73H,18-20,25-28,30-31,33-35H2,1-17H3,(H,63,74)(H,64,77)(H,65,79)(H,66,78)(H,68,83)(H,81,82)/t37-,38+,39-,40-,42+,46+,48+,52-/m0/s1. The number of aliphatic carboxylic acids is 1. The van der Waals surface area contributed by atoms with Crippen molar-refractivity contribution in [3.63, 3.8) is 0 Å². The molecule has 0 bridgehead atoms. The number of ether oxygens (including phenoxy) is 2. The largest absolute Gasteiger partial charge is 0.506 e. The highest BCUT2D eigenvalue weighted by Crippen LogP contribution is 2.32. The number of likely N-dealkylation sites (N-methyl/N-ethyl adjacent to an activating group) is 2. The third kappa shape index (κ3) is 22.6. The van der Waals surface area contributed by atoms with Gasteiger partial charge in [0.15, 0.2) is 0 Å². The lowest BCUT2D eigenvalue weighted by molar-refractivity contribution is -0.142. The molecule has 1 aromatic carbocycles. The van der Waals surface area contributed by atoms with Crippen LogP contribution in [0.3, 0.4) is 0 Å². The Hall–Kier alpha value is -6.63. The normalized spacial score (nSPS) is 15.7. The van der Waals surface area contributed by atoms with Gasteiger partial charge in [0.05, 0.1) is 30.4 Å². The molecular weight excluding hydrogens is 1130 g/mol. The zero-order chi connectivity index (χ0) is 65.2. The Bertz CT molecular complexity index is 2720. The van der Waals surface area contributed by atoms with Gasteiger partial charge in [0.2, 0.25) is 29.5 Å². The van der Waals surface area contributed by atoms with Crippen LogP contribution in [0.15, 0.2) is 35.7 Å². The summed E-state index contributed by atoms with van der Waals surface area (Å²) in [4.78, 5) is 139. The van der Waals surface area contributed by atoms with Gasteiger partial charge in [-0.1, -0.05) is 81.7 Å². The highest BCUT2D eigenvalue weighted by atomic mass is 32.1. The van der Waals surface area contributed by atoms with Crippen molar-refractivity contribution in [2.24, 2.45) is 34.5 Å². The first-order valence-electron chi connectivity index (χ1n) is 29.5. The Morgan fingerprint density at radius 3 is 2.03 bits per heavy atom. The molecule has 1 aromatic heterocycles. The van der Waals surface area contributed by atoms with Crippen molar-refractivity contribution in [3.8, 4) is 5.75 Å². The van der Waals surface area contributed by atoms with E-state index in [1.807, 2.05) is 55.4 Å². The van der Waals surface area contributed by atoms with Crippen molar-refractivity contribution in [1.82, 2.24) is 41.0 Å². The fourth-order valence-corrected chi connectivity index (χ4v) is 10.4. The third-order valence-corrected chi connectivity index (χ3v) is 16.8. The molecule has 1 aliphatic heterocycles. The minimum atomic E-state index is -1.10. The lowest BCUT2D eigenvalue weighted by Crippen LogP contribution is -2.60. The summed E-state index contributed by atoms with van der Waals surface area (Å²) in [5, 5.41) is 36.9. The summed E-state index contributed by atoms with van der Waals surface area (Å²) >= 11 is 1.20. The van der Waals surface area contributed by atoms with Crippen LogP contribution >= 0.6 is 11.3 Å². The SMILES string of the molecule is CC[C@H](C)[C@H](NC(=O)C(C)(C)N(C)C)C(=O)N(C)[C@H](C[C@@H](OC)c1nc(C(=O)N[C@@H](Cc2ccc(O)c(NC(=O)[C@H](C)NC(=O)[C@H](C)CC(=O)CC(C)(C)COCC(C)(C)CNC(=O)CCCN3C(=O)C=CC3=O)c2)C[C@H](C)C(=O)O)cs1)C(C)C. The number of amides is 8. The molecule has 23 nitrogen and oxygen atoms in total. The number of nitrogens with zero attached hydrogens (tertiary/aromatic N) is 4. The summed E-state index contributed by atoms with van der Waals surface area (Å²) in [7, 11) is 6.85. The number of aromatic nitrogens is 1. The maximum atomic E-state index is 14.3. The summed E-state index contributed by atoms with van der Waals surface area (Å²) in [6.07, 6.45) is 3.32. The predicted octanol–water partition coefficient (Wildman–Crippen LogP) is 6.05. The van der Waals surface area contributed by atoms with Gasteiger partial charge >= 0.3 is 5.97 Å². The number of rotatable bonds is 37. The third-order valence-electron chi connectivity index (χ3n) is 15.9. The van der Waals surface area contributed by atoms with Crippen molar-refractivity contribution >= 4 is 76.0 Å². The monoisotopic (exact) mass is 1220 g/mol. The fraction of sp³-hybridized carbons (Fsp3) is 0.661. The van der Waals surface area contributed by atoms with Gasteiger partial charge in [-0.25, -0.2) is 4.98 Å². The number of hydrogen-bond acceptors (Lipinski definition) is 16. The Kier molecular flexibility index (Phi) is 28.2. The average Bonchev–Trinajstić information content (AvgIpc) is 3.22. The van der Waals surface area contributed by atoms with Crippen molar-refractivity contribution in [2.75, 3.05) is 59.9 Å². The molecule has 2 heterocycles. The van der Waals surface area contributed by atoms with E-state index in [0.29, 0.717) is 36.4 Å². The van der Waals surface area contributed by atoms with Crippen LogP contribution < -0.4 is 26.6 Å². The molecule has 24 heteroatoms. The van der Waals surface area contributed by atoms with Gasteiger partial charge in [-0.05, 0) is 89.1 Å². The minimum absolute atomic E-state index is 0.00159. The van der Waals surface area contributed by atoms with E-state index in [9.17, 15) is 58.2 Å². The second-order valence-corrected chi connectivity index (χ2v) is 26.6. The number of hydrogen-bond donors (Lipinski definition) is 7. The van der Waals surface area contributed by atoms with Crippen molar-refractivity contribution < 1.29 is 67.6 Å². The molecule has 2 aromatic rings. The maximum Gasteiger partial charge on any atom is 0.306 e. The van der Waals surface area contributed by atoms with Crippen LogP contribution in [0.1, 0.15) is 162 Å². The second-order valence-electron chi connectivity index (χ2n) is 25.7. The van der Waals surface area contributed by atoms with Crippen LogP contribution in [-0.2, 0) is 59.0 Å². The van der Waals surface area contributed by atoms with Crippen LogP contribution in [0, 0.1) is 34.5 Å². The van der Waals surface area contributed by atoms with Gasteiger partial charge in [-0.2, -0.15) is 0 Å². The van der Waals surface area contributed by atoms with Crippen molar-refractivity contribution in [2.45, 2.75) is 177 Å². The molecule has 1 aliphatic rings. The molecule has 0 aliphatic carbocycles. The van der Waals surface area contributed by atoms with Crippen molar-refractivity contribution in [3.05, 3.63) is 52.0 Å². The van der Waals surface area contributed by atoms with Crippen LogP contribution in [0.5, 0.6) is 5.75 Å². The van der Waals surface area contributed by atoms with Gasteiger partial charge in [0.25, 0.3) is 17.7 Å². The maximum absolute atomic E-state index is 14.3. The zero-order valence-electron chi connectivity index (χ0n) is 53.6. The minimum Gasteiger partial charge on any atom is -0.506 e. The summed E-state index contributed by atoms with van der Waals surface area (Å²) in [5.74, 6) is -6.73. The number of phenolic OH excluding ortho intramolecular Hbond substituents is 1. The number of ketones is 1. The number of anilines is 1. The molecule has 3 rings (SSSR count). The van der Waals surface area contributed by atoms with Gasteiger partial charge in [0, 0.05) is 93.9 Å². The van der Waals surface area contributed by atoms with E-state index in [1.54, 1.807) is 63.2 Å². The van der Waals surface area contributed by atoms with Gasteiger partial charge in [0.1, 0.15) is 40.4 Å². The first-order chi connectivity index (χ1) is 39.9. The number of nitrogens with one attached hydrogen (secondary N) is 5. The van der Waals surface area contributed by atoms with E-state index < -0.39 is 87.9 Å². The number of carboxylic acids is 1. The van der Waals surface area contributed by atoms with E-state index in [1.165, 1.54) is 56.6 Å². The second kappa shape index (κ2) is 32.9. The first-order valence-corrected chi connectivity index (χ1v) is 30.4. The molecular formula is C62H97N9O14S. The topological polar surface area (TPSA) is 312 Å². The fourth-order valence-electron chi connectivity index (χ4n) is 9.48. The molecule has 480 valence electrons. The summed E-state index contributed by atoms with van der Waals surface area (Å²) in [5.41, 5.74) is -1.32. The highest BCUT2D eigenvalue weighted by molar-refractivity contribution is 7.09. The lowest BCUT2D eigenvalue weighted by atomic mass is 9.85. The van der Waals surface area contributed by atoms with Gasteiger partial charge < -0.3 is 51.2 Å². The number of carbonyl (C=O) groups is 10. The number of Topliss-reactive ketones (excluding diaryl/α,β-unsaturated/α-hetero) is 1. The molecule has 0 saturated carbocycles. The molecule has 0 spiro atoms. The smallest absolute Gasteiger partial charge is 0.306 e. The summed E-state index contributed by atoms with van der Waals surface area (Å²) < 4.78 is 11.9. The predicted molar refractivity (Wildman–Crippen MR) is 328 cm³/mol. The number of benzene rings is 1. The Morgan fingerprint density at radius 2 is 1.45 bits per heavy atom. The Morgan fingerprint density at radius 1 is 0.826 bits per heavy atom. The molecule has 0 fully saturated rings. The summed E-state index contributed by atoms with van der Waals surface area (Å²) in [6, 6.07) is 1.41. The summed E-state index contributed by atoms with van der Waals surface area (Å²) in [6.45, 7) is 24.6. The number of aromatic hydroxyl groups is 1. The van der Waals surface area contributed by atoms with E-state index >= 15 is 0 Å². The van der Waals surface area contributed by atoms with Crippen LogP contribution in [-0.4, -0.2) is 173 Å². The van der Waals surface area contributed by atoms with Gasteiger partial charge in [-0.3, -0.25) is 57.7 Å². The number of carbonyl (C=O) groups excluding carboxylic acids is 9. The Labute approximate surface area is 511 Å². The molecule has 0 radical (unpaired) electrons. The first kappa shape index (κ1) is 73.6. The average molecular weight is 1220 g/mol. The van der Waals surface area contributed by atoms with Crippen molar-refractivity contribution in [1.29, 1.82) is 0 Å². The number of carboxylic acid groups (broad SMARTS) is 1. The van der Waals surface area contributed by atoms with E-state index in [4.69, 9.17) is 9.47 Å². The molecule has 0 unspecified atom stereocenters. The van der Waals surface area contributed by atoms with E-state index in [2.05, 4.69) is 31.6 Å². The highest BCUT2D eigenvalue weighted by Gasteiger charge is 2.39. The molecule has 86 heavy (non-hydrogen) atoms.